The minimum atomic E-state index is -0.0972. The number of thiophene rings is 1. The first-order valence-electron chi connectivity index (χ1n) is 7.39. The van der Waals surface area contributed by atoms with E-state index >= 15 is 0 Å². The number of pyridine rings is 1. The number of nitrogens with zero attached hydrogens (tertiary/aromatic N) is 2. The van der Waals surface area contributed by atoms with E-state index in [0.717, 1.165) is 18.8 Å². The highest BCUT2D eigenvalue weighted by molar-refractivity contribution is 7.12. The Morgan fingerprint density at radius 1 is 1.14 bits per heavy atom. The Labute approximate surface area is 128 Å². The van der Waals surface area contributed by atoms with Crippen LogP contribution in [0, 0.1) is 0 Å². The van der Waals surface area contributed by atoms with Crippen LogP contribution in [-0.4, -0.2) is 24.0 Å². The maximum atomic E-state index is 12.0. The Hall–Kier alpha value is -1.88. The van der Waals surface area contributed by atoms with Gasteiger partial charge in [-0.1, -0.05) is 18.9 Å². The molecule has 4 nitrogen and oxygen atoms in total. The first kappa shape index (κ1) is 14.1. The van der Waals surface area contributed by atoms with Crippen LogP contribution in [-0.2, 0) is 0 Å². The van der Waals surface area contributed by atoms with Crippen molar-refractivity contribution in [2.75, 3.05) is 23.3 Å². The number of hydrogen-bond donors (Lipinski definition) is 1. The van der Waals surface area contributed by atoms with Crippen molar-refractivity contribution in [3.8, 4) is 0 Å². The third-order valence-electron chi connectivity index (χ3n) is 3.71. The average Bonchev–Trinajstić information content (AvgIpc) is 2.91. The molecular weight excluding hydrogens is 282 g/mol. The number of anilines is 2. The summed E-state index contributed by atoms with van der Waals surface area (Å²) in [6, 6.07) is 7.61. The molecule has 1 amide bonds. The summed E-state index contributed by atoms with van der Waals surface area (Å²) >= 11 is 1.43. The number of aromatic nitrogens is 1. The first-order chi connectivity index (χ1) is 10.3. The summed E-state index contributed by atoms with van der Waals surface area (Å²) in [7, 11) is 0. The van der Waals surface area contributed by atoms with Crippen LogP contribution < -0.4 is 10.2 Å². The smallest absolute Gasteiger partial charge is 0.266 e. The lowest BCUT2D eigenvalue weighted by atomic mass is 10.2. The van der Waals surface area contributed by atoms with Gasteiger partial charge >= 0.3 is 0 Å². The van der Waals surface area contributed by atoms with Gasteiger partial charge in [0.1, 0.15) is 5.82 Å². The summed E-state index contributed by atoms with van der Waals surface area (Å²) in [6.07, 6.45) is 6.99. The number of amides is 1. The molecule has 0 radical (unpaired) electrons. The summed E-state index contributed by atoms with van der Waals surface area (Å²) in [4.78, 5) is 19.4. The second kappa shape index (κ2) is 6.72. The molecule has 0 saturated carbocycles. The van der Waals surface area contributed by atoms with Gasteiger partial charge in [-0.05, 0) is 36.4 Å². The summed E-state index contributed by atoms with van der Waals surface area (Å²) in [5.41, 5.74) is 1.14. The lowest BCUT2D eigenvalue weighted by Crippen LogP contribution is -2.24. The van der Waals surface area contributed by atoms with Crippen molar-refractivity contribution in [2.24, 2.45) is 0 Å². The molecule has 1 aliphatic heterocycles. The SMILES string of the molecule is O=C(Nc1ccc(N2CCCCCC2)cn1)c1cccs1. The van der Waals surface area contributed by atoms with E-state index < -0.39 is 0 Å². The van der Waals surface area contributed by atoms with Crippen LogP contribution in [0.25, 0.3) is 0 Å². The second-order valence-electron chi connectivity index (χ2n) is 5.23. The molecule has 0 aromatic carbocycles. The molecule has 1 aliphatic rings. The van der Waals surface area contributed by atoms with Crippen molar-refractivity contribution < 1.29 is 4.79 Å². The number of nitrogens with one attached hydrogen (secondary N) is 1. The van der Waals surface area contributed by atoms with Crippen LogP contribution in [0.2, 0.25) is 0 Å². The first-order valence-corrected chi connectivity index (χ1v) is 8.27. The Balaban J connectivity index is 1.65. The third kappa shape index (κ3) is 3.61. The fourth-order valence-corrected chi connectivity index (χ4v) is 3.18. The van der Waals surface area contributed by atoms with Crippen molar-refractivity contribution in [3.05, 3.63) is 40.7 Å². The Kier molecular flexibility index (Phi) is 4.50. The number of carbonyl (C=O) groups is 1. The summed E-state index contributed by atoms with van der Waals surface area (Å²) in [5.74, 6) is 0.506. The predicted molar refractivity (Wildman–Crippen MR) is 87.2 cm³/mol. The molecule has 0 bridgehead atoms. The van der Waals surface area contributed by atoms with Crippen LogP contribution in [0.5, 0.6) is 0 Å². The Morgan fingerprint density at radius 3 is 2.57 bits per heavy atom. The van der Waals surface area contributed by atoms with Crippen LogP contribution in [0.3, 0.4) is 0 Å². The fourth-order valence-electron chi connectivity index (χ4n) is 2.56. The third-order valence-corrected chi connectivity index (χ3v) is 4.57. The Morgan fingerprint density at radius 2 is 1.95 bits per heavy atom. The van der Waals surface area contributed by atoms with E-state index in [4.69, 9.17) is 0 Å². The standard InChI is InChI=1S/C16H19N3OS/c20-16(14-6-5-11-21-14)18-15-8-7-13(12-17-15)19-9-3-1-2-4-10-19/h5-8,11-12H,1-4,9-10H2,(H,17,18,20). The van der Waals surface area contributed by atoms with Gasteiger partial charge in [0.15, 0.2) is 0 Å². The molecule has 0 unspecified atom stereocenters. The van der Waals surface area contributed by atoms with E-state index in [1.165, 1.54) is 37.0 Å². The number of carbonyl (C=O) groups excluding carboxylic acids is 1. The predicted octanol–water partition coefficient (Wildman–Crippen LogP) is 3.78. The van der Waals surface area contributed by atoms with Gasteiger partial charge in [-0.3, -0.25) is 4.79 Å². The molecule has 0 atom stereocenters. The zero-order valence-electron chi connectivity index (χ0n) is 11.9. The zero-order chi connectivity index (χ0) is 14.5. The lowest BCUT2D eigenvalue weighted by molar-refractivity contribution is 0.103. The monoisotopic (exact) mass is 301 g/mol. The van der Waals surface area contributed by atoms with Gasteiger partial charge in [0.05, 0.1) is 16.8 Å². The molecule has 0 aliphatic carbocycles. The van der Waals surface area contributed by atoms with E-state index in [-0.39, 0.29) is 5.91 Å². The minimum Gasteiger partial charge on any atom is -0.370 e. The molecule has 110 valence electrons. The van der Waals surface area contributed by atoms with Crippen molar-refractivity contribution in [1.82, 2.24) is 4.98 Å². The van der Waals surface area contributed by atoms with Crippen LogP contribution in [0.1, 0.15) is 35.4 Å². The van der Waals surface area contributed by atoms with Gasteiger partial charge in [-0.2, -0.15) is 0 Å². The molecule has 5 heteroatoms. The topological polar surface area (TPSA) is 45.2 Å². The van der Waals surface area contributed by atoms with Gasteiger partial charge in [0.25, 0.3) is 5.91 Å². The highest BCUT2D eigenvalue weighted by Gasteiger charge is 2.11. The van der Waals surface area contributed by atoms with Crippen molar-refractivity contribution in [1.29, 1.82) is 0 Å². The molecule has 3 rings (SSSR count). The average molecular weight is 301 g/mol. The lowest BCUT2D eigenvalue weighted by Gasteiger charge is -2.22. The molecule has 21 heavy (non-hydrogen) atoms. The maximum Gasteiger partial charge on any atom is 0.266 e. The molecule has 3 heterocycles. The van der Waals surface area contributed by atoms with Gasteiger partial charge in [-0.15, -0.1) is 11.3 Å². The fraction of sp³-hybridized carbons (Fsp3) is 0.375. The molecule has 1 saturated heterocycles. The van der Waals surface area contributed by atoms with Crippen molar-refractivity contribution >= 4 is 28.7 Å². The number of rotatable bonds is 3. The zero-order valence-corrected chi connectivity index (χ0v) is 12.7. The maximum absolute atomic E-state index is 12.0. The van der Waals surface area contributed by atoms with E-state index in [1.807, 2.05) is 35.8 Å². The molecule has 2 aromatic rings. The van der Waals surface area contributed by atoms with Crippen LogP contribution >= 0.6 is 11.3 Å². The largest absolute Gasteiger partial charge is 0.370 e. The number of hydrogen-bond acceptors (Lipinski definition) is 4. The molecule has 1 N–H and O–H groups in total. The van der Waals surface area contributed by atoms with Crippen molar-refractivity contribution in [3.63, 3.8) is 0 Å². The van der Waals surface area contributed by atoms with Gasteiger partial charge in [0, 0.05) is 13.1 Å². The van der Waals surface area contributed by atoms with Crippen LogP contribution in [0.4, 0.5) is 11.5 Å². The van der Waals surface area contributed by atoms with E-state index in [1.54, 1.807) is 0 Å². The van der Waals surface area contributed by atoms with Gasteiger partial charge in [-0.25, -0.2) is 4.98 Å². The summed E-state index contributed by atoms with van der Waals surface area (Å²) < 4.78 is 0. The minimum absolute atomic E-state index is 0.0972. The Bertz CT molecular complexity index is 572. The van der Waals surface area contributed by atoms with E-state index in [0.29, 0.717) is 10.7 Å². The van der Waals surface area contributed by atoms with Crippen molar-refractivity contribution in [2.45, 2.75) is 25.7 Å². The summed E-state index contributed by atoms with van der Waals surface area (Å²) in [5, 5.41) is 4.72. The molecular formula is C16H19N3OS. The highest BCUT2D eigenvalue weighted by atomic mass is 32.1. The normalized spacial score (nSPS) is 15.5. The van der Waals surface area contributed by atoms with Gasteiger partial charge < -0.3 is 10.2 Å². The molecule has 0 spiro atoms. The van der Waals surface area contributed by atoms with Crippen LogP contribution in [0.15, 0.2) is 35.8 Å². The summed E-state index contributed by atoms with van der Waals surface area (Å²) in [6.45, 7) is 2.20. The molecule has 2 aromatic heterocycles. The highest BCUT2D eigenvalue weighted by Crippen LogP contribution is 2.20. The second-order valence-corrected chi connectivity index (χ2v) is 6.18. The quantitative estimate of drug-likeness (QED) is 0.938. The van der Waals surface area contributed by atoms with E-state index in [9.17, 15) is 4.79 Å². The molecule has 1 fully saturated rings. The van der Waals surface area contributed by atoms with E-state index in [2.05, 4.69) is 15.2 Å². The van der Waals surface area contributed by atoms with Gasteiger partial charge in [0.2, 0.25) is 0 Å².